The lowest BCUT2D eigenvalue weighted by Gasteiger charge is -2.07. The van der Waals surface area contributed by atoms with Crippen molar-refractivity contribution in [1.29, 1.82) is 0 Å². The number of nitrogens with two attached hydrogens (primary N) is 1. The minimum Gasteiger partial charge on any atom is -0.453 e. The van der Waals surface area contributed by atoms with Crippen LogP contribution in [0.2, 0.25) is 0 Å². The summed E-state index contributed by atoms with van der Waals surface area (Å²) in [5, 5.41) is 2.19. The van der Waals surface area contributed by atoms with Gasteiger partial charge in [0.1, 0.15) is 6.04 Å². The van der Waals surface area contributed by atoms with Gasteiger partial charge in [-0.15, -0.1) is 0 Å². The minimum absolute atomic E-state index is 0.592. The molecule has 0 aliphatic heterocycles. The molecule has 10 heavy (non-hydrogen) atoms. The van der Waals surface area contributed by atoms with Gasteiger partial charge < -0.3 is 15.8 Å². The van der Waals surface area contributed by atoms with Crippen molar-refractivity contribution in [3.05, 3.63) is 0 Å². The Bertz CT molecular complexity index is 146. The van der Waals surface area contributed by atoms with Crippen molar-refractivity contribution in [2.24, 2.45) is 5.73 Å². The first-order valence-electron chi connectivity index (χ1n) is 2.71. The summed E-state index contributed by atoms with van der Waals surface area (Å²) in [6, 6.07) is -0.688. The molecule has 1 unspecified atom stereocenters. The van der Waals surface area contributed by atoms with Gasteiger partial charge in [-0.2, -0.15) is 0 Å². The molecule has 58 valence electrons. The highest BCUT2D eigenvalue weighted by molar-refractivity contribution is 5.83. The van der Waals surface area contributed by atoms with E-state index in [-0.39, 0.29) is 0 Å². The number of amides is 2. The number of hydrogen-bond acceptors (Lipinski definition) is 3. The molecule has 0 bridgehead atoms. The summed E-state index contributed by atoms with van der Waals surface area (Å²) in [7, 11) is 1.21. The highest BCUT2D eigenvalue weighted by Crippen LogP contribution is 1.79. The number of methoxy groups -OCH3 is 1. The number of alkyl carbamates (subject to hydrolysis) is 1. The summed E-state index contributed by atoms with van der Waals surface area (Å²) in [5.74, 6) is -0.592. The lowest BCUT2D eigenvalue weighted by atomic mass is 10.3. The first kappa shape index (κ1) is 8.74. The summed E-state index contributed by atoms with van der Waals surface area (Å²) in [4.78, 5) is 20.7. The molecule has 0 rings (SSSR count). The molecule has 0 aromatic rings. The van der Waals surface area contributed by atoms with Gasteiger partial charge in [-0.1, -0.05) is 0 Å². The van der Waals surface area contributed by atoms with E-state index in [1.54, 1.807) is 0 Å². The number of carbonyl (C=O) groups is 2. The number of rotatable bonds is 2. The monoisotopic (exact) mass is 146 g/mol. The SMILES string of the molecule is COC(=O)NC(C)C(N)=O. The third-order valence-electron chi connectivity index (χ3n) is 0.947. The second-order valence-electron chi connectivity index (χ2n) is 1.76. The summed E-state index contributed by atoms with van der Waals surface area (Å²) in [6.07, 6.45) is -0.661. The molecule has 0 saturated carbocycles. The van der Waals surface area contributed by atoms with Gasteiger partial charge in [0, 0.05) is 0 Å². The largest absolute Gasteiger partial charge is 0.453 e. The molecule has 3 N–H and O–H groups in total. The van der Waals surface area contributed by atoms with Crippen LogP contribution in [0.3, 0.4) is 0 Å². The fourth-order valence-electron chi connectivity index (χ4n) is 0.307. The third kappa shape index (κ3) is 2.91. The number of primary amides is 1. The Morgan fingerprint density at radius 3 is 2.40 bits per heavy atom. The summed E-state index contributed by atoms with van der Waals surface area (Å²) >= 11 is 0. The van der Waals surface area contributed by atoms with Crippen molar-refractivity contribution in [1.82, 2.24) is 5.32 Å². The number of nitrogens with one attached hydrogen (secondary N) is 1. The zero-order chi connectivity index (χ0) is 8.15. The van der Waals surface area contributed by atoms with E-state index in [1.807, 2.05) is 0 Å². The molecule has 2 amide bonds. The number of ether oxygens (including phenoxy) is 1. The van der Waals surface area contributed by atoms with Gasteiger partial charge in [0.15, 0.2) is 0 Å². The van der Waals surface area contributed by atoms with E-state index in [4.69, 9.17) is 5.73 Å². The molecule has 0 aromatic heterocycles. The number of hydrogen-bond donors (Lipinski definition) is 2. The molecule has 5 heteroatoms. The van der Waals surface area contributed by atoms with E-state index >= 15 is 0 Å². The van der Waals surface area contributed by atoms with Crippen molar-refractivity contribution < 1.29 is 14.3 Å². The normalized spacial score (nSPS) is 11.8. The molecule has 0 aliphatic carbocycles. The molecule has 0 heterocycles. The van der Waals surface area contributed by atoms with Crippen LogP contribution >= 0.6 is 0 Å². The Morgan fingerprint density at radius 1 is 1.60 bits per heavy atom. The molecule has 0 spiro atoms. The fourth-order valence-corrected chi connectivity index (χ4v) is 0.307. The van der Waals surface area contributed by atoms with Gasteiger partial charge in [-0.25, -0.2) is 4.79 Å². The average molecular weight is 146 g/mol. The molecule has 0 aliphatic rings. The standard InChI is InChI=1S/C5H10N2O3/c1-3(4(6)8)7-5(9)10-2/h3H,1-2H3,(H2,6,8)(H,7,9). The van der Waals surface area contributed by atoms with E-state index < -0.39 is 18.0 Å². The van der Waals surface area contributed by atoms with Gasteiger partial charge in [0.05, 0.1) is 7.11 Å². The van der Waals surface area contributed by atoms with E-state index in [9.17, 15) is 9.59 Å². The van der Waals surface area contributed by atoms with Crippen LogP contribution in [0.15, 0.2) is 0 Å². The van der Waals surface area contributed by atoms with E-state index in [0.29, 0.717) is 0 Å². The van der Waals surface area contributed by atoms with Gasteiger partial charge in [0.25, 0.3) is 0 Å². The Balaban J connectivity index is 3.68. The van der Waals surface area contributed by atoms with E-state index in [2.05, 4.69) is 10.1 Å². The van der Waals surface area contributed by atoms with Crippen molar-refractivity contribution in [2.75, 3.05) is 7.11 Å². The molecule has 0 radical (unpaired) electrons. The Hall–Kier alpha value is -1.26. The number of carbonyl (C=O) groups excluding carboxylic acids is 2. The molecule has 0 fully saturated rings. The van der Waals surface area contributed by atoms with Crippen LogP contribution in [0, 0.1) is 0 Å². The van der Waals surface area contributed by atoms with Gasteiger partial charge in [-0.05, 0) is 6.92 Å². The van der Waals surface area contributed by atoms with Crippen LogP contribution < -0.4 is 11.1 Å². The fraction of sp³-hybridized carbons (Fsp3) is 0.600. The molecular formula is C5H10N2O3. The predicted octanol–water partition coefficient (Wildman–Crippen LogP) is -0.784. The minimum atomic E-state index is -0.688. The van der Waals surface area contributed by atoms with Crippen LogP contribution in [0.25, 0.3) is 0 Å². The van der Waals surface area contributed by atoms with Gasteiger partial charge >= 0.3 is 6.09 Å². The zero-order valence-corrected chi connectivity index (χ0v) is 5.88. The maximum absolute atomic E-state index is 10.4. The second-order valence-corrected chi connectivity index (χ2v) is 1.76. The highest BCUT2D eigenvalue weighted by Gasteiger charge is 2.10. The second kappa shape index (κ2) is 3.71. The van der Waals surface area contributed by atoms with Gasteiger partial charge in [0.2, 0.25) is 5.91 Å². The van der Waals surface area contributed by atoms with Gasteiger partial charge in [-0.3, -0.25) is 4.79 Å². The van der Waals surface area contributed by atoms with Crippen LogP contribution in [0.5, 0.6) is 0 Å². The first-order valence-corrected chi connectivity index (χ1v) is 2.71. The summed E-state index contributed by atoms with van der Waals surface area (Å²) in [6.45, 7) is 1.47. The summed E-state index contributed by atoms with van der Waals surface area (Å²) in [5.41, 5.74) is 4.83. The quantitative estimate of drug-likeness (QED) is 0.536. The average Bonchev–Trinajstić information content (AvgIpc) is 1.87. The molecule has 0 aromatic carbocycles. The topological polar surface area (TPSA) is 81.4 Å². The van der Waals surface area contributed by atoms with Crippen LogP contribution in [0.1, 0.15) is 6.92 Å². The molecule has 1 atom stereocenters. The maximum Gasteiger partial charge on any atom is 0.407 e. The van der Waals surface area contributed by atoms with Crippen molar-refractivity contribution in [3.63, 3.8) is 0 Å². The van der Waals surface area contributed by atoms with Crippen LogP contribution in [-0.4, -0.2) is 25.2 Å². The van der Waals surface area contributed by atoms with E-state index in [1.165, 1.54) is 14.0 Å². The van der Waals surface area contributed by atoms with Crippen LogP contribution in [-0.2, 0) is 9.53 Å². The zero-order valence-electron chi connectivity index (χ0n) is 5.88. The first-order chi connectivity index (χ1) is 4.57. The predicted molar refractivity (Wildman–Crippen MR) is 34.2 cm³/mol. The third-order valence-corrected chi connectivity index (χ3v) is 0.947. The lowest BCUT2D eigenvalue weighted by Crippen LogP contribution is -2.42. The maximum atomic E-state index is 10.4. The van der Waals surface area contributed by atoms with Crippen molar-refractivity contribution >= 4 is 12.0 Å². The van der Waals surface area contributed by atoms with Crippen molar-refractivity contribution in [3.8, 4) is 0 Å². The van der Waals surface area contributed by atoms with Crippen molar-refractivity contribution in [2.45, 2.75) is 13.0 Å². The smallest absolute Gasteiger partial charge is 0.407 e. The molecule has 5 nitrogen and oxygen atoms in total. The molecular weight excluding hydrogens is 136 g/mol. The van der Waals surface area contributed by atoms with E-state index in [0.717, 1.165) is 0 Å². The lowest BCUT2D eigenvalue weighted by molar-refractivity contribution is -0.119. The Kier molecular flexibility index (Phi) is 3.24. The Morgan fingerprint density at radius 2 is 2.10 bits per heavy atom. The molecule has 0 saturated heterocycles. The van der Waals surface area contributed by atoms with Crippen LogP contribution in [0.4, 0.5) is 4.79 Å². The highest BCUT2D eigenvalue weighted by atomic mass is 16.5. The summed E-state index contributed by atoms with van der Waals surface area (Å²) < 4.78 is 4.21. The Labute approximate surface area is 58.5 Å².